The summed E-state index contributed by atoms with van der Waals surface area (Å²) in [5.41, 5.74) is 0. The second-order valence-corrected chi connectivity index (χ2v) is 7.58. The van der Waals surface area contributed by atoms with Crippen LogP contribution in [-0.4, -0.2) is 126 Å². The first kappa shape index (κ1) is 26.6. The molecule has 0 spiro atoms. The van der Waals surface area contributed by atoms with E-state index in [4.69, 9.17) is 15.3 Å². The molecule has 0 aliphatic carbocycles. The highest BCUT2D eigenvalue weighted by Gasteiger charge is 2.36. The average molecular weight is 398 g/mol. The molecule has 6 atom stereocenters. The minimum absolute atomic E-state index is 0.0824. The molecule has 0 aliphatic rings. The molecule has 0 saturated heterocycles. The number of nitrogens with zero attached hydrogens (tertiary/aromatic N) is 2. The van der Waals surface area contributed by atoms with Gasteiger partial charge in [-0.3, -0.25) is 9.80 Å². The SMILES string of the molecule is CC(O)CN(CCN(CC(C)O)C(C(C)O)C(O)CC(O)(O)O)CC(C)O. The lowest BCUT2D eigenvalue weighted by molar-refractivity contribution is -0.325. The van der Waals surface area contributed by atoms with Crippen LogP contribution in [0.2, 0.25) is 0 Å². The van der Waals surface area contributed by atoms with Gasteiger partial charge in [0.15, 0.2) is 0 Å². The van der Waals surface area contributed by atoms with Gasteiger partial charge in [0.05, 0.1) is 43.0 Å². The predicted molar refractivity (Wildman–Crippen MR) is 98.5 cm³/mol. The van der Waals surface area contributed by atoms with Gasteiger partial charge in [0.1, 0.15) is 0 Å². The number of hydrogen-bond donors (Lipinski definition) is 8. The molecule has 0 amide bonds. The fraction of sp³-hybridized carbons (Fsp3) is 1.00. The van der Waals surface area contributed by atoms with Gasteiger partial charge in [-0.15, -0.1) is 0 Å². The molecule has 0 bridgehead atoms. The predicted octanol–water partition coefficient (Wildman–Crippen LogP) is -3.14. The Morgan fingerprint density at radius 3 is 1.48 bits per heavy atom. The molecule has 0 aromatic heterocycles. The topological polar surface area (TPSA) is 168 Å². The van der Waals surface area contributed by atoms with Crippen molar-refractivity contribution in [3.05, 3.63) is 0 Å². The third-order valence-electron chi connectivity index (χ3n) is 4.04. The number of aliphatic hydroxyl groups is 8. The molecule has 164 valence electrons. The second-order valence-electron chi connectivity index (χ2n) is 7.58. The van der Waals surface area contributed by atoms with Gasteiger partial charge < -0.3 is 40.9 Å². The van der Waals surface area contributed by atoms with Gasteiger partial charge in [0, 0.05) is 32.7 Å². The van der Waals surface area contributed by atoms with E-state index in [0.717, 1.165) is 0 Å². The Morgan fingerprint density at radius 2 is 1.15 bits per heavy atom. The summed E-state index contributed by atoms with van der Waals surface area (Å²) in [7, 11) is 0. The Morgan fingerprint density at radius 1 is 0.704 bits per heavy atom. The van der Waals surface area contributed by atoms with Gasteiger partial charge in [0.25, 0.3) is 5.97 Å². The average Bonchev–Trinajstić information content (AvgIpc) is 2.40. The van der Waals surface area contributed by atoms with Gasteiger partial charge in [-0.2, -0.15) is 0 Å². The maximum Gasteiger partial charge on any atom is 0.277 e. The van der Waals surface area contributed by atoms with Crippen LogP contribution < -0.4 is 0 Å². The largest absolute Gasteiger partial charge is 0.392 e. The Bertz CT molecular complexity index is 378. The Kier molecular flexibility index (Phi) is 12.0. The molecule has 8 N–H and O–H groups in total. The van der Waals surface area contributed by atoms with E-state index >= 15 is 0 Å². The van der Waals surface area contributed by atoms with Crippen LogP contribution in [0.25, 0.3) is 0 Å². The molecule has 0 fully saturated rings. The van der Waals surface area contributed by atoms with E-state index in [1.165, 1.54) is 13.8 Å². The Labute approximate surface area is 160 Å². The van der Waals surface area contributed by atoms with Crippen LogP contribution in [-0.2, 0) is 0 Å². The summed E-state index contributed by atoms with van der Waals surface area (Å²) >= 11 is 0. The summed E-state index contributed by atoms with van der Waals surface area (Å²) in [5.74, 6) is -3.09. The zero-order valence-corrected chi connectivity index (χ0v) is 16.7. The summed E-state index contributed by atoms with van der Waals surface area (Å²) in [6, 6.07) is -0.981. The monoisotopic (exact) mass is 398 g/mol. The van der Waals surface area contributed by atoms with Crippen LogP contribution in [0.15, 0.2) is 0 Å². The molecule has 0 aromatic rings. The highest BCUT2D eigenvalue weighted by molar-refractivity contribution is 4.86. The maximum absolute atomic E-state index is 10.3. The van der Waals surface area contributed by atoms with Crippen LogP contribution >= 0.6 is 0 Å². The number of rotatable bonds is 14. The van der Waals surface area contributed by atoms with Crippen LogP contribution in [0, 0.1) is 0 Å². The molecule has 0 heterocycles. The van der Waals surface area contributed by atoms with Crippen LogP contribution in [0.4, 0.5) is 0 Å². The first-order valence-corrected chi connectivity index (χ1v) is 9.26. The van der Waals surface area contributed by atoms with Crippen molar-refractivity contribution in [3.8, 4) is 0 Å². The minimum Gasteiger partial charge on any atom is -0.392 e. The van der Waals surface area contributed by atoms with Crippen LogP contribution in [0.5, 0.6) is 0 Å². The van der Waals surface area contributed by atoms with Crippen molar-refractivity contribution in [3.63, 3.8) is 0 Å². The molecule has 0 rings (SSSR count). The van der Waals surface area contributed by atoms with Crippen LogP contribution in [0.3, 0.4) is 0 Å². The van der Waals surface area contributed by atoms with Gasteiger partial charge in [-0.05, 0) is 27.7 Å². The molecule has 0 aliphatic heterocycles. The molecular weight excluding hydrogens is 360 g/mol. The number of aliphatic hydroxyl groups excluding tert-OH is 5. The van der Waals surface area contributed by atoms with E-state index in [9.17, 15) is 25.5 Å². The van der Waals surface area contributed by atoms with Crippen molar-refractivity contribution in [1.82, 2.24) is 9.80 Å². The summed E-state index contributed by atoms with van der Waals surface area (Å²) in [6.45, 7) is 7.51. The van der Waals surface area contributed by atoms with Crippen molar-refractivity contribution in [2.75, 3.05) is 32.7 Å². The van der Waals surface area contributed by atoms with Crippen molar-refractivity contribution in [2.45, 2.75) is 76.7 Å². The molecule has 0 saturated carbocycles. The Hall–Kier alpha value is -0.400. The van der Waals surface area contributed by atoms with Crippen LogP contribution in [0.1, 0.15) is 34.1 Å². The maximum atomic E-state index is 10.3. The summed E-state index contributed by atoms with van der Waals surface area (Å²) in [4.78, 5) is 3.40. The first-order valence-electron chi connectivity index (χ1n) is 9.26. The van der Waals surface area contributed by atoms with E-state index in [1.807, 2.05) is 4.90 Å². The summed E-state index contributed by atoms with van der Waals surface area (Å²) < 4.78 is 0. The van der Waals surface area contributed by atoms with Gasteiger partial charge >= 0.3 is 0 Å². The van der Waals surface area contributed by atoms with E-state index in [2.05, 4.69) is 0 Å². The third kappa shape index (κ3) is 12.6. The molecule has 0 aromatic carbocycles. The molecule has 10 heteroatoms. The molecular formula is C17H38N2O8. The van der Waals surface area contributed by atoms with Gasteiger partial charge in [0.2, 0.25) is 0 Å². The smallest absolute Gasteiger partial charge is 0.277 e. The molecule has 6 unspecified atom stereocenters. The fourth-order valence-electron chi connectivity index (χ4n) is 3.25. The lowest BCUT2D eigenvalue weighted by Crippen LogP contribution is -2.56. The van der Waals surface area contributed by atoms with Crippen molar-refractivity contribution in [1.29, 1.82) is 0 Å². The fourth-order valence-corrected chi connectivity index (χ4v) is 3.25. The highest BCUT2D eigenvalue weighted by Crippen LogP contribution is 2.18. The van der Waals surface area contributed by atoms with E-state index in [0.29, 0.717) is 19.6 Å². The highest BCUT2D eigenvalue weighted by atomic mass is 16.7. The Balaban J connectivity index is 5.27. The third-order valence-corrected chi connectivity index (χ3v) is 4.04. The lowest BCUT2D eigenvalue weighted by atomic mass is 9.99. The number of hydrogen-bond acceptors (Lipinski definition) is 10. The van der Waals surface area contributed by atoms with Crippen molar-refractivity contribution >= 4 is 0 Å². The van der Waals surface area contributed by atoms with Gasteiger partial charge in [-0.1, -0.05) is 0 Å². The van der Waals surface area contributed by atoms with E-state index in [-0.39, 0.29) is 13.1 Å². The van der Waals surface area contributed by atoms with E-state index in [1.54, 1.807) is 18.7 Å². The molecule has 27 heavy (non-hydrogen) atoms. The molecule has 10 nitrogen and oxygen atoms in total. The zero-order chi connectivity index (χ0) is 21.4. The van der Waals surface area contributed by atoms with Crippen molar-refractivity contribution in [2.24, 2.45) is 0 Å². The normalized spacial score (nSPS) is 19.8. The lowest BCUT2D eigenvalue weighted by Gasteiger charge is -2.39. The quantitative estimate of drug-likeness (QED) is 0.140. The summed E-state index contributed by atoms with van der Waals surface area (Å²) in [6.07, 6.45) is -5.41. The van der Waals surface area contributed by atoms with E-state index < -0.39 is 49.0 Å². The van der Waals surface area contributed by atoms with Gasteiger partial charge in [-0.25, -0.2) is 0 Å². The zero-order valence-electron chi connectivity index (χ0n) is 16.7. The first-order chi connectivity index (χ1) is 12.2. The standard InChI is InChI=1S/C17H38N2O8/c1-11(20)8-18(9-12(2)21)5-6-19(10-13(3)22)16(14(4)23)15(24)7-17(25,26)27/h11-16,20-27H,5-10H2,1-4H3. The van der Waals surface area contributed by atoms with Crippen molar-refractivity contribution < 1.29 is 40.9 Å². The molecule has 0 radical (unpaired) electrons. The minimum atomic E-state index is -3.09. The second kappa shape index (κ2) is 12.2. The summed E-state index contributed by atoms with van der Waals surface area (Å²) in [5, 5.41) is 76.8.